The van der Waals surface area contributed by atoms with Crippen LogP contribution in [0.15, 0.2) is 12.1 Å². The number of nitrogens with zero attached hydrogens (tertiary/aromatic N) is 1. The Morgan fingerprint density at radius 1 is 1.30 bits per heavy atom. The van der Waals surface area contributed by atoms with Gasteiger partial charge in [-0.25, -0.2) is 0 Å². The molecule has 0 heterocycles. The van der Waals surface area contributed by atoms with Gasteiger partial charge >= 0.3 is 0 Å². The molecule has 126 valence electrons. The van der Waals surface area contributed by atoms with Crippen LogP contribution >= 0.6 is 0 Å². The van der Waals surface area contributed by atoms with Gasteiger partial charge in [0.15, 0.2) is 13.1 Å². The second kappa shape index (κ2) is 9.10. The Morgan fingerprint density at radius 3 is 2.43 bits per heavy atom. The molecule has 0 atom stereocenters. The summed E-state index contributed by atoms with van der Waals surface area (Å²) in [6.07, 6.45) is 4.44. The fourth-order valence-corrected chi connectivity index (χ4v) is 2.45. The maximum Gasteiger partial charge on any atom is 0.258 e. The molecule has 1 amide bonds. The number of rotatable bonds is 8. The van der Waals surface area contributed by atoms with E-state index in [1.54, 1.807) is 11.0 Å². The Kier molecular flexibility index (Phi) is 7.48. The number of benzene rings is 1. The predicted octanol–water partition coefficient (Wildman–Crippen LogP) is 3.31. The summed E-state index contributed by atoms with van der Waals surface area (Å²) in [5.74, 6) is 0.179. The molecule has 0 aliphatic rings. The summed E-state index contributed by atoms with van der Waals surface area (Å²) in [5, 5.41) is 0. The van der Waals surface area contributed by atoms with E-state index in [4.69, 9.17) is 9.47 Å². The van der Waals surface area contributed by atoms with Crippen molar-refractivity contribution in [1.29, 1.82) is 0 Å². The third-order valence-electron chi connectivity index (χ3n) is 3.60. The van der Waals surface area contributed by atoms with Crippen molar-refractivity contribution in [1.82, 2.24) is 4.90 Å². The summed E-state index contributed by atoms with van der Waals surface area (Å²) in [4.78, 5) is 26.0. The van der Waals surface area contributed by atoms with Gasteiger partial charge < -0.3 is 14.4 Å². The first-order valence-electron chi connectivity index (χ1n) is 7.72. The van der Waals surface area contributed by atoms with Gasteiger partial charge in [0.2, 0.25) is 0 Å². The highest BCUT2D eigenvalue weighted by atomic mass is 16.7. The minimum absolute atomic E-state index is 0.00480. The molecule has 0 fully saturated rings. The zero-order chi connectivity index (χ0) is 17.4. The molecule has 1 aromatic carbocycles. The van der Waals surface area contributed by atoms with Gasteiger partial charge in [-0.1, -0.05) is 12.2 Å². The molecule has 0 unspecified atom stereocenters. The van der Waals surface area contributed by atoms with Gasteiger partial charge in [0.25, 0.3) is 5.91 Å². The van der Waals surface area contributed by atoms with Crippen molar-refractivity contribution < 1.29 is 19.1 Å². The molecule has 0 saturated carbocycles. The first-order chi connectivity index (χ1) is 11.0. The number of methoxy groups -OCH3 is 1. The van der Waals surface area contributed by atoms with Gasteiger partial charge in [0, 0.05) is 31.3 Å². The highest BCUT2D eigenvalue weighted by Gasteiger charge is 2.25. The number of allylic oxidation sites excluding steroid dienone is 1. The van der Waals surface area contributed by atoms with Gasteiger partial charge in [-0.15, -0.1) is 0 Å². The molecule has 5 nitrogen and oxygen atoms in total. The van der Waals surface area contributed by atoms with Crippen LogP contribution in [-0.2, 0) is 4.74 Å². The molecule has 0 aromatic heterocycles. The predicted molar refractivity (Wildman–Crippen MR) is 91.0 cm³/mol. The Bertz CT molecular complexity index is 589. The highest BCUT2D eigenvalue weighted by Crippen LogP contribution is 2.32. The second-order valence-electron chi connectivity index (χ2n) is 5.05. The minimum Gasteiger partial charge on any atom is -0.466 e. The normalized spacial score (nSPS) is 10.8. The first kappa shape index (κ1) is 18.9. The zero-order valence-corrected chi connectivity index (χ0v) is 14.5. The summed E-state index contributed by atoms with van der Waals surface area (Å²) < 4.78 is 10.7. The van der Waals surface area contributed by atoms with Gasteiger partial charge in [-0.2, -0.15) is 0 Å². The number of hydrogen-bond donors (Lipinski definition) is 0. The third-order valence-corrected chi connectivity index (χ3v) is 3.60. The molecular weight excluding hydrogens is 294 g/mol. The molecule has 0 radical (unpaired) electrons. The molecule has 1 rings (SSSR count). The van der Waals surface area contributed by atoms with E-state index in [-0.39, 0.29) is 12.7 Å². The fraction of sp³-hybridized carbons (Fsp3) is 0.444. The van der Waals surface area contributed by atoms with E-state index in [1.807, 2.05) is 39.8 Å². The molecule has 0 spiro atoms. The number of hydrogen-bond acceptors (Lipinski definition) is 4. The van der Waals surface area contributed by atoms with Crippen molar-refractivity contribution in [3.63, 3.8) is 0 Å². The first-order valence-corrected chi connectivity index (χ1v) is 7.72. The van der Waals surface area contributed by atoms with Gasteiger partial charge in [0.05, 0.1) is 5.56 Å². The summed E-state index contributed by atoms with van der Waals surface area (Å²) in [7, 11) is 1.51. The topological polar surface area (TPSA) is 55.8 Å². The van der Waals surface area contributed by atoms with E-state index in [1.165, 1.54) is 7.11 Å². The molecule has 0 aliphatic heterocycles. The Morgan fingerprint density at radius 2 is 1.96 bits per heavy atom. The number of carbonyl (C=O) groups is 2. The standard InChI is InChI=1S/C18H25NO4/c1-6-9-15-13(4)10-14(11-20)16(17(15)23-12-22-5)18(21)19(7-2)8-3/h6,9-11H,7-8,12H2,1-5H3. The van der Waals surface area contributed by atoms with Gasteiger partial charge in [-0.05, 0) is 39.3 Å². The zero-order valence-electron chi connectivity index (χ0n) is 14.5. The number of aldehydes is 1. The maximum atomic E-state index is 12.9. The van der Waals surface area contributed by atoms with Crippen molar-refractivity contribution in [2.24, 2.45) is 0 Å². The molecular formula is C18H25NO4. The number of aryl methyl sites for hydroxylation is 1. The lowest BCUT2D eigenvalue weighted by molar-refractivity contribution is 0.0488. The maximum absolute atomic E-state index is 12.9. The fourth-order valence-electron chi connectivity index (χ4n) is 2.45. The lowest BCUT2D eigenvalue weighted by Gasteiger charge is -2.23. The van der Waals surface area contributed by atoms with Crippen LogP contribution in [0.3, 0.4) is 0 Å². The number of ether oxygens (including phenoxy) is 2. The van der Waals surface area contributed by atoms with Crippen LogP contribution in [0.25, 0.3) is 6.08 Å². The smallest absolute Gasteiger partial charge is 0.258 e. The third kappa shape index (κ3) is 4.20. The molecule has 1 aromatic rings. The van der Waals surface area contributed by atoms with Crippen LogP contribution in [0.5, 0.6) is 5.75 Å². The largest absolute Gasteiger partial charge is 0.466 e. The molecule has 5 heteroatoms. The van der Waals surface area contributed by atoms with Crippen LogP contribution in [0.1, 0.15) is 52.6 Å². The monoisotopic (exact) mass is 319 g/mol. The van der Waals surface area contributed by atoms with E-state index in [9.17, 15) is 9.59 Å². The van der Waals surface area contributed by atoms with Crippen LogP contribution in [0, 0.1) is 6.92 Å². The van der Waals surface area contributed by atoms with Crippen molar-refractivity contribution in [3.8, 4) is 5.75 Å². The average Bonchev–Trinajstić information content (AvgIpc) is 2.55. The Hall–Kier alpha value is -2.14. The van der Waals surface area contributed by atoms with Crippen LogP contribution in [0.2, 0.25) is 0 Å². The van der Waals surface area contributed by atoms with E-state index in [0.29, 0.717) is 36.3 Å². The van der Waals surface area contributed by atoms with Crippen molar-refractivity contribution in [2.75, 3.05) is 27.0 Å². The van der Waals surface area contributed by atoms with E-state index in [0.717, 1.165) is 11.1 Å². The van der Waals surface area contributed by atoms with Crippen LogP contribution in [-0.4, -0.2) is 44.1 Å². The van der Waals surface area contributed by atoms with Crippen LogP contribution in [0.4, 0.5) is 0 Å². The lowest BCUT2D eigenvalue weighted by Crippen LogP contribution is -2.32. The molecule has 23 heavy (non-hydrogen) atoms. The quantitative estimate of drug-likeness (QED) is 0.545. The van der Waals surface area contributed by atoms with Gasteiger partial charge in [-0.3, -0.25) is 9.59 Å². The summed E-state index contributed by atoms with van der Waals surface area (Å²) in [6.45, 7) is 8.70. The van der Waals surface area contributed by atoms with Crippen molar-refractivity contribution in [2.45, 2.75) is 27.7 Å². The van der Waals surface area contributed by atoms with E-state index >= 15 is 0 Å². The van der Waals surface area contributed by atoms with Crippen molar-refractivity contribution in [3.05, 3.63) is 34.4 Å². The Balaban J connectivity index is 3.64. The number of amides is 1. The molecule has 0 bridgehead atoms. The molecule has 0 aliphatic carbocycles. The number of carbonyl (C=O) groups excluding carboxylic acids is 2. The summed E-state index contributed by atoms with van der Waals surface area (Å²) >= 11 is 0. The average molecular weight is 319 g/mol. The highest BCUT2D eigenvalue weighted by molar-refractivity contribution is 6.05. The summed E-state index contributed by atoms with van der Waals surface area (Å²) in [6, 6.07) is 1.72. The van der Waals surface area contributed by atoms with Gasteiger partial charge in [0.1, 0.15) is 5.75 Å². The SMILES string of the molecule is CC=Cc1c(C)cc(C=O)c(C(=O)N(CC)CC)c1OCOC. The molecule has 0 N–H and O–H groups in total. The van der Waals surface area contributed by atoms with E-state index in [2.05, 4.69) is 0 Å². The minimum atomic E-state index is -0.214. The Labute approximate surface area is 137 Å². The second-order valence-corrected chi connectivity index (χ2v) is 5.05. The molecule has 0 saturated heterocycles. The summed E-state index contributed by atoms with van der Waals surface area (Å²) in [5.41, 5.74) is 2.27. The van der Waals surface area contributed by atoms with E-state index < -0.39 is 0 Å². The van der Waals surface area contributed by atoms with Crippen molar-refractivity contribution >= 4 is 18.3 Å². The van der Waals surface area contributed by atoms with Crippen LogP contribution < -0.4 is 4.74 Å². The lowest BCUT2D eigenvalue weighted by atomic mass is 9.96.